The maximum atomic E-state index is 13.7. The van der Waals surface area contributed by atoms with Gasteiger partial charge in [0.25, 0.3) is 0 Å². The number of fused-ring (bicyclic) bond motifs is 2. The lowest BCUT2D eigenvalue weighted by molar-refractivity contribution is 0.0977. The Labute approximate surface area is 163 Å². The number of hydrogen-bond acceptors (Lipinski definition) is 6. The van der Waals surface area contributed by atoms with Crippen LogP contribution in [0.4, 0.5) is 11.4 Å². The molecule has 3 aliphatic rings. The SMILES string of the molecule is O=C1c2cccc(N3CCOCC3)c2C(=O)c2c1cccc2N1CCOCC1. The molecule has 0 spiro atoms. The fourth-order valence-corrected chi connectivity index (χ4v) is 4.34. The molecule has 0 radical (unpaired) electrons. The molecule has 0 aromatic heterocycles. The van der Waals surface area contributed by atoms with Crippen LogP contribution in [-0.4, -0.2) is 64.2 Å². The molecule has 2 aromatic carbocycles. The van der Waals surface area contributed by atoms with Crippen molar-refractivity contribution in [2.75, 3.05) is 62.4 Å². The van der Waals surface area contributed by atoms with Crippen molar-refractivity contribution >= 4 is 22.9 Å². The van der Waals surface area contributed by atoms with Crippen molar-refractivity contribution in [1.29, 1.82) is 0 Å². The summed E-state index contributed by atoms with van der Waals surface area (Å²) >= 11 is 0. The summed E-state index contributed by atoms with van der Waals surface area (Å²) in [6, 6.07) is 11.2. The molecule has 2 saturated heterocycles. The Bertz CT molecular complexity index is 870. The molecule has 0 bridgehead atoms. The summed E-state index contributed by atoms with van der Waals surface area (Å²) in [6.45, 7) is 5.38. The Morgan fingerprint density at radius 2 is 1.04 bits per heavy atom. The van der Waals surface area contributed by atoms with Gasteiger partial charge in [0.05, 0.1) is 37.6 Å². The Morgan fingerprint density at radius 1 is 0.607 bits per heavy atom. The lowest BCUT2D eigenvalue weighted by atomic mass is 9.82. The molecule has 2 fully saturated rings. The van der Waals surface area contributed by atoms with Gasteiger partial charge in [0, 0.05) is 48.7 Å². The molecule has 0 unspecified atom stereocenters. The highest BCUT2D eigenvalue weighted by atomic mass is 16.5. The molecule has 0 atom stereocenters. The van der Waals surface area contributed by atoms with Gasteiger partial charge in [-0.3, -0.25) is 9.59 Å². The normalized spacial score (nSPS) is 19.4. The van der Waals surface area contributed by atoms with Gasteiger partial charge in [-0.1, -0.05) is 24.3 Å². The molecule has 0 saturated carbocycles. The fourth-order valence-electron chi connectivity index (χ4n) is 4.34. The molecule has 0 amide bonds. The molecular weight excluding hydrogens is 356 g/mol. The second kappa shape index (κ2) is 7.04. The maximum absolute atomic E-state index is 13.7. The van der Waals surface area contributed by atoms with Gasteiger partial charge in [0.15, 0.2) is 11.6 Å². The van der Waals surface area contributed by atoms with E-state index in [0.29, 0.717) is 48.7 Å². The molecule has 144 valence electrons. The average Bonchev–Trinajstić information content (AvgIpc) is 2.77. The Hall–Kier alpha value is -2.70. The van der Waals surface area contributed by atoms with Crippen LogP contribution < -0.4 is 9.80 Å². The number of nitrogens with zero attached hydrogens (tertiary/aromatic N) is 2. The number of rotatable bonds is 2. The van der Waals surface area contributed by atoms with E-state index in [2.05, 4.69) is 9.80 Å². The monoisotopic (exact) mass is 378 g/mol. The number of morpholine rings is 2. The number of ether oxygens (including phenoxy) is 2. The van der Waals surface area contributed by atoms with E-state index >= 15 is 0 Å². The second-order valence-corrected chi connectivity index (χ2v) is 7.26. The van der Waals surface area contributed by atoms with Gasteiger partial charge >= 0.3 is 0 Å². The molecule has 28 heavy (non-hydrogen) atoms. The molecule has 2 aliphatic heterocycles. The molecular formula is C22H22N2O4. The lowest BCUT2D eigenvalue weighted by Crippen LogP contribution is -2.39. The standard InChI is InChI=1S/C22H22N2O4/c25-21-15-3-1-5-17(23-7-11-27-12-8-23)19(15)22(26)20-16(21)4-2-6-18(20)24-9-13-28-14-10-24/h1-6H,7-14H2. The molecule has 0 N–H and O–H groups in total. The highest BCUT2D eigenvalue weighted by molar-refractivity contribution is 6.31. The van der Waals surface area contributed by atoms with Crippen LogP contribution in [0.1, 0.15) is 31.8 Å². The summed E-state index contributed by atoms with van der Waals surface area (Å²) in [5.74, 6) is -0.136. The van der Waals surface area contributed by atoms with E-state index in [9.17, 15) is 9.59 Å². The zero-order chi connectivity index (χ0) is 19.1. The van der Waals surface area contributed by atoms with Gasteiger partial charge in [-0.05, 0) is 12.1 Å². The third-order valence-electron chi connectivity index (χ3n) is 5.73. The Balaban J connectivity index is 1.65. The molecule has 2 aromatic rings. The van der Waals surface area contributed by atoms with E-state index in [1.165, 1.54) is 0 Å². The van der Waals surface area contributed by atoms with E-state index in [-0.39, 0.29) is 11.6 Å². The number of ketones is 2. The van der Waals surface area contributed by atoms with Crippen LogP contribution in [0.15, 0.2) is 36.4 Å². The van der Waals surface area contributed by atoms with Crippen molar-refractivity contribution in [3.63, 3.8) is 0 Å². The highest BCUT2D eigenvalue weighted by Crippen LogP contribution is 2.38. The predicted molar refractivity (Wildman–Crippen MR) is 106 cm³/mol. The van der Waals surface area contributed by atoms with E-state index in [4.69, 9.17) is 9.47 Å². The van der Waals surface area contributed by atoms with E-state index < -0.39 is 0 Å². The molecule has 6 heteroatoms. The van der Waals surface area contributed by atoms with Crippen LogP contribution in [0.2, 0.25) is 0 Å². The molecule has 1 aliphatic carbocycles. The number of anilines is 2. The summed E-state index contributed by atoms with van der Waals surface area (Å²) in [5, 5.41) is 0. The maximum Gasteiger partial charge on any atom is 0.198 e. The van der Waals surface area contributed by atoms with Crippen molar-refractivity contribution in [1.82, 2.24) is 0 Å². The van der Waals surface area contributed by atoms with Crippen molar-refractivity contribution < 1.29 is 19.1 Å². The third kappa shape index (κ3) is 2.72. The number of hydrogen-bond donors (Lipinski definition) is 0. The van der Waals surface area contributed by atoms with Gasteiger partial charge in [-0.2, -0.15) is 0 Å². The quantitative estimate of drug-likeness (QED) is 0.681. The first-order chi connectivity index (χ1) is 13.8. The summed E-state index contributed by atoms with van der Waals surface area (Å²) in [7, 11) is 0. The first-order valence-corrected chi connectivity index (χ1v) is 9.76. The van der Waals surface area contributed by atoms with Crippen molar-refractivity contribution in [2.24, 2.45) is 0 Å². The second-order valence-electron chi connectivity index (χ2n) is 7.26. The summed E-state index contributed by atoms with van der Waals surface area (Å²) in [6.07, 6.45) is 0. The van der Waals surface area contributed by atoms with E-state index in [0.717, 1.165) is 37.6 Å². The zero-order valence-corrected chi connectivity index (χ0v) is 15.6. The zero-order valence-electron chi connectivity index (χ0n) is 15.6. The average molecular weight is 378 g/mol. The minimum absolute atomic E-state index is 0.0613. The predicted octanol–water partition coefficient (Wildman–Crippen LogP) is 2.14. The van der Waals surface area contributed by atoms with Crippen molar-refractivity contribution in [3.8, 4) is 0 Å². The topological polar surface area (TPSA) is 59.1 Å². The summed E-state index contributed by atoms with van der Waals surface area (Å²) in [5.41, 5.74) is 3.73. The minimum atomic E-state index is -0.0742. The number of carbonyl (C=O) groups is 2. The number of carbonyl (C=O) groups excluding carboxylic acids is 2. The van der Waals surface area contributed by atoms with Gasteiger partial charge in [0.1, 0.15) is 0 Å². The largest absolute Gasteiger partial charge is 0.378 e. The fraction of sp³-hybridized carbons (Fsp3) is 0.364. The van der Waals surface area contributed by atoms with Crippen molar-refractivity contribution in [2.45, 2.75) is 0 Å². The van der Waals surface area contributed by atoms with Crippen LogP contribution >= 0.6 is 0 Å². The lowest BCUT2D eigenvalue weighted by Gasteiger charge is -2.34. The Kier molecular flexibility index (Phi) is 4.37. The van der Waals surface area contributed by atoms with Gasteiger partial charge < -0.3 is 19.3 Å². The van der Waals surface area contributed by atoms with Crippen LogP contribution in [-0.2, 0) is 9.47 Å². The Morgan fingerprint density at radius 3 is 1.46 bits per heavy atom. The smallest absolute Gasteiger partial charge is 0.198 e. The van der Waals surface area contributed by atoms with Gasteiger partial charge in [0.2, 0.25) is 0 Å². The third-order valence-corrected chi connectivity index (χ3v) is 5.73. The first-order valence-electron chi connectivity index (χ1n) is 9.76. The molecule has 6 nitrogen and oxygen atoms in total. The van der Waals surface area contributed by atoms with Crippen LogP contribution in [0.5, 0.6) is 0 Å². The van der Waals surface area contributed by atoms with Crippen LogP contribution in [0.25, 0.3) is 0 Å². The van der Waals surface area contributed by atoms with Crippen molar-refractivity contribution in [3.05, 3.63) is 58.7 Å². The summed E-state index contributed by atoms with van der Waals surface area (Å²) in [4.78, 5) is 31.3. The van der Waals surface area contributed by atoms with Gasteiger partial charge in [-0.25, -0.2) is 0 Å². The number of benzene rings is 2. The van der Waals surface area contributed by atoms with Gasteiger partial charge in [-0.15, -0.1) is 0 Å². The molecule has 5 rings (SSSR count). The van der Waals surface area contributed by atoms with Crippen LogP contribution in [0.3, 0.4) is 0 Å². The van der Waals surface area contributed by atoms with E-state index in [1.54, 1.807) is 12.1 Å². The minimum Gasteiger partial charge on any atom is -0.378 e. The first kappa shape index (κ1) is 17.4. The summed E-state index contributed by atoms with van der Waals surface area (Å²) < 4.78 is 10.9. The van der Waals surface area contributed by atoms with E-state index in [1.807, 2.05) is 24.3 Å². The van der Waals surface area contributed by atoms with Crippen LogP contribution in [0, 0.1) is 0 Å². The highest BCUT2D eigenvalue weighted by Gasteiger charge is 2.36. The molecule has 2 heterocycles.